The van der Waals surface area contributed by atoms with Crippen LogP contribution in [0.2, 0.25) is 0 Å². The Morgan fingerprint density at radius 3 is 2.23 bits per heavy atom. The van der Waals surface area contributed by atoms with Gasteiger partial charge in [-0.2, -0.15) is 0 Å². The van der Waals surface area contributed by atoms with E-state index in [0.29, 0.717) is 16.9 Å². The van der Waals surface area contributed by atoms with Crippen molar-refractivity contribution in [3.05, 3.63) is 82.2 Å². The zero-order valence-electron chi connectivity index (χ0n) is 13.4. The van der Waals surface area contributed by atoms with E-state index in [4.69, 9.17) is 0 Å². The van der Waals surface area contributed by atoms with E-state index >= 15 is 0 Å². The lowest BCUT2D eigenvalue weighted by Crippen LogP contribution is -2.14. The molecular formula is C18H14IN3O3S. The first-order valence-electron chi connectivity index (χ1n) is 7.54. The van der Waals surface area contributed by atoms with Gasteiger partial charge >= 0.3 is 0 Å². The van der Waals surface area contributed by atoms with Gasteiger partial charge in [-0.3, -0.25) is 14.5 Å². The maximum Gasteiger partial charge on any atom is 0.261 e. The lowest BCUT2D eigenvalue weighted by molar-refractivity contribution is 0.102. The molecule has 8 heteroatoms. The standard InChI is InChI=1S/C18H14IN3O3S/c19-14-5-3-13(4-6-14)18(23)21-15-7-9-17(10-8-15)26(24,25)22-16-2-1-11-20-12-16/h1-12,22H,(H,21,23). The number of pyridine rings is 1. The smallest absolute Gasteiger partial charge is 0.261 e. The number of nitrogens with zero attached hydrogens (tertiary/aromatic N) is 1. The van der Waals surface area contributed by atoms with Gasteiger partial charge in [0.25, 0.3) is 15.9 Å². The van der Waals surface area contributed by atoms with Gasteiger partial charge < -0.3 is 5.32 Å². The van der Waals surface area contributed by atoms with Crippen LogP contribution >= 0.6 is 22.6 Å². The zero-order valence-corrected chi connectivity index (χ0v) is 16.4. The van der Waals surface area contributed by atoms with Gasteiger partial charge in [-0.05, 0) is 83.3 Å². The minimum absolute atomic E-state index is 0.0913. The number of aromatic nitrogens is 1. The van der Waals surface area contributed by atoms with Crippen LogP contribution in [0.5, 0.6) is 0 Å². The second-order valence-corrected chi connectivity index (χ2v) is 8.26. The van der Waals surface area contributed by atoms with E-state index in [1.165, 1.54) is 18.3 Å². The number of anilines is 2. The van der Waals surface area contributed by atoms with Crippen LogP contribution in [-0.4, -0.2) is 19.3 Å². The minimum Gasteiger partial charge on any atom is -0.322 e. The lowest BCUT2D eigenvalue weighted by Gasteiger charge is -2.09. The molecule has 3 aromatic rings. The number of carbonyl (C=O) groups excluding carboxylic acids is 1. The van der Waals surface area contributed by atoms with Gasteiger partial charge in [0.15, 0.2) is 0 Å². The second kappa shape index (κ2) is 7.83. The number of hydrogen-bond donors (Lipinski definition) is 2. The third kappa shape index (κ3) is 4.58. The Morgan fingerprint density at radius 2 is 1.62 bits per heavy atom. The molecule has 2 N–H and O–H groups in total. The molecule has 0 saturated carbocycles. The number of rotatable bonds is 5. The molecule has 0 aliphatic heterocycles. The summed E-state index contributed by atoms with van der Waals surface area (Å²) < 4.78 is 28.2. The molecule has 132 valence electrons. The molecular weight excluding hydrogens is 465 g/mol. The average Bonchev–Trinajstić information content (AvgIpc) is 2.63. The summed E-state index contributed by atoms with van der Waals surface area (Å²) >= 11 is 2.16. The molecule has 0 spiro atoms. The molecule has 2 aromatic carbocycles. The van der Waals surface area contributed by atoms with Crippen LogP contribution in [0.1, 0.15) is 10.4 Å². The molecule has 0 saturated heterocycles. The predicted octanol–water partition coefficient (Wildman–Crippen LogP) is 3.74. The van der Waals surface area contributed by atoms with Crippen LogP contribution in [0.15, 0.2) is 78.0 Å². The summed E-state index contributed by atoms with van der Waals surface area (Å²) in [5.41, 5.74) is 1.41. The van der Waals surface area contributed by atoms with Crippen LogP contribution in [-0.2, 0) is 10.0 Å². The summed E-state index contributed by atoms with van der Waals surface area (Å²) in [6.45, 7) is 0. The fourth-order valence-electron chi connectivity index (χ4n) is 2.16. The highest BCUT2D eigenvalue weighted by molar-refractivity contribution is 14.1. The Hall–Kier alpha value is -2.46. The van der Waals surface area contributed by atoms with Crippen LogP contribution in [0, 0.1) is 3.57 Å². The van der Waals surface area contributed by atoms with Crippen molar-refractivity contribution in [1.82, 2.24) is 4.98 Å². The number of carbonyl (C=O) groups is 1. The molecule has 3 rings (SSSR count). The molecule has 26 heavy (non-hydrogen) atoms. The highest BCUT2D eigenvalue weighted by Gasteiger charge is 2.14. The first-order chi connectivity index (χ1) is 12.4. The topological polar surface area (TPSA) is 88.2 Å². The summed E-state index contributed by atoms with van der Waals surface area (Å²) in [6, 6.07) is 16.3. The van der Waals surface area contributed by atoms with Crippen molar-refractivity contribution in [2.75, 3.05) is 10.0 Å². The monoisotopic (exact) mass is 479 g/mol. The van der Waals surface area contributed by atoms with Crippen LogP contribution < -0.4 is 10.0 Å². The van der Waals surface area contributed by atoms with E-state index in [0.717, 1.165) is 3.57 Å². The Morgan fingerprint density at radius 1 is 0.923 bits per heavy atom. The van der Waals surface area contributed by atoms with E-state index in [-0.39, 0.29) is 10.8 Å². The normalized spacial score (nSPS) is 11.0. The maximum atomic E-state index is 12.4. The van der Waals surface area contributed by atoms with Gasteiger partial charge in [0.05, 0.1) is 16.8 Å². The zero-order chi connectivity index (χ0) is 18.6. The number of nitrogens with one attached hydrogen (secondary N) is 2. The largest absolute Gasteiger partial charge is 0.322 e. The Kier molecular flexibility index (Phi) is 5.52. The van der Waals surface area contributed by atoms with E-state index in [1.54, 1.807) is 42.6 Å². The van der Waals surface area contributed by atoms with Crippen molar-refractivity contribution >= 4 is 49.9 Å². The van der Waals surface area contributed by atoms with Gasteiger partial charge in [0.2, 0.25) is 0 Å². The third-order valence-electron chi connectivity index (χ3n) is 3.44. The maximum absolute atomic E-state index is 12.4. The Labute approximate surface area is 164 Å². The van der Waals surface area contributed by atoms with E-state index < -0.39 is 10.0 Å². The Balaban J connectivity index is 1.71. The number of halogens is 1. The highest BCUT2D eigenvalue weighted by Crippen LogP contribution is 2.18. The second-order valence-electron chi connectivity index (χ2n) is 5.33. The first kappa shape index (κ1) is 18.3. The van der Waals surface area contributed by atoms with E-state index in [2.05, 4.69) is 37.6 Å². The Bertz CT molecular complexity index is 1010. The molecule has 0 bridgehead atoms. The van der Waals surface area contributed by atoms with E-state index in [1.807, 2.05) is 12.1 Å². The summed E-state index contributed by atoms with van der Waals surface area (Å²) in [5, 5.41) is 2.74. The molecule has 0 radical (unpaired) electrons. The highest BCUT2D eigenvalue weighted by atomic mass is 127. The number of hydrogen-bond acceptors (Lipinski definition) is 4. The molecule has 0 unspecified atom stereocenters. The summed E-state index contributed by atoms with van der Waals surface area (Å²) in [6.07, 6.45) is 2.98. The van der Waals surface area contributed by atoms with Crippen molar-refractivity contribution < 1.29 is 13.2 Å². The van der Waals surface area contributed by atoms with Crippen molar-refractivity contribution in [3.63, 3.8) is 0 Å². The van der Waals surface area contributed by atoms with Crippen molar-refractivity contribution in [2.24, 2.45) is 0 Å². The molecule has 1 aromatic heterocycles. The molecule has 1 amide bonds. The number of amides is 1. The molecule has 0 fully saturated rings. The molecule has 1 heterocycles. The third-order valence-corrected chi connectivity index (χ3v) is 5.56. The SMILES string of the molecule is O=C(Nc1ccc(S(=O)(=O)Nc2cccnc2)cc1)c1ccc(I)cc1. The van der Waals surface area contributed by atoms with Gasteiger partial charge in [-0.1, -0.05) is 0 Å². The molecule has 0 atom stereocenters. The fourth-order valence-corrected chi connectivity index (χ4v) is 3.56. The first-order valence-corrected chi connectivity index (χ1v) is 10.1. The minimum atomic E-state index is -3.72. The molecule has 0 aliphatic rings. The van der Waals surface area contributed by atoms with Gasteiger partial charge in [0, 0.05) is 21.0 Å². The quantitative estimate of drug-likeness (QED) is 0.546. The fraction of sp³-hybridized carbons (Fsp3) is 0. The van der Waals surface area contributed by atoms with E-state index in [9.17, 15) is 13.2 Å². The van der Waals surface area contributed by atoms with Crippen molar-refractivity contribution in [2.45, 2.75) is 4.90 Å². The van der Waals surface area contributed by atoms with Crippen molar-refractivity contribution in [1.29, 1.82) is 0 Å². The molecule has 6 nitrogen and oxygen atoms in total. The van der Waals surface area contributed by atoms with Crippen LogP contribution in [0.4, 0.5) is 11.4 Å². The summed E-state index contributed by atoms with van der Waals surface area (Å²) in [4.78, 5) is 16.2. The summed E-state index contributed by atoms with van der Waals surface area (Å²) in [5.74, 6) is -0.259. The number of benzene rings is 2. The van der Waals surface area contributed by atoms with Crippen LogP contribution in [0.3, 0.4) is 0 Å². The number of sulfonamides is 1. The van der Waals surface area contributed by atoms with Gasteiger partial charge in [0.1, 0.15) is 0 Å². The predicted molar refractivity (Wildman–Crippen MR) is 109 cm³/mol. The molecule has 0 aliphatic carbocycles. The van der Waals surface area contributed by atoms with Gasteiger partial charge in [-0.25, -0.2) is 8.42 Å². The average molecular weight is 479 g/mol. The van der Waals surface area contributed by atoms with Gasteiger partial charge in [-0.15, -0.1) is 0 Å². The lowest BCUT2D eigenvalue weighted by atomic mass is 10.2. The van der Waals surface area contributed by atoms with Crippen molar-refractivity contribution in [3.8, 4) is 0 Å². The summed E-state index contributed by atoms with van der Waals surface area (Å²) in [7, 11) is -3.72. The van der Waals surface area contributed by atoms with Crippen LogP contribution in [0.25, 0.3) is 0 Å².